The van der Waals surface area contributed by atoms with Crippen molar-refractivity contribution in [2.24, 2.45) is 5.73 Å². The Morgan fingerprint density at radius 3 is 2.81 bits per heavy atom. The number of nitrogens with one attached hydrogen (secondary N) is 1. The number of fused-ring (bicyclic) bond motifs is 1. The van der Waals surface area contributed by atoms with Gasteiger partial charge < -0.3 is 15.8 Å². The van der Waals surface area contributed by atoms with Gasteiger partial charge in [-0.2, -0.15) is 0 Å². The highest BCUT2D eigenvalue weighted by atomic mass is 16.5. The molecule has 0 aromatic heterocycles. The molecule has 0 spiro atoms. The van der Waals surface area contributed by atoms with E-state index in [1.807, 2.05) is 12.1 Å². The van der Waals surface area contributed by atoms with Gasteiger partial charge in [0.25, 0.3) is 0 Å². The lowest BCUT2D eigenvalue weighted by Gasteiger charge is -2.33. The van der Waals surface area contributed by atoms with Crippen LogP contribution in [0.5, 0.6) is 5.75 Å². The highest BCUT2D eigenvalue weighted by Crippen LogP contribution is 2.37. The highest BCUT2D eigenvalue weighted by Gasteiger charge is 2.37. The number of hydrogen-bond donors (Lipinski definition) is 2. The number of methoxy groups -OCH3 is 1. The lowest BCUT2D eigenvalue weighted by molar-refractivity contribution is -0.128. The van der Waals surface area contributed by atoms with Crippen molar-refractivity contribution in [2.45, 2.75) is 56.5 Å². The standard InChI is InChI=1S/C17H24N2O2/c1-21-15-7-5-6-12-13(15)8-9-14(12)19-16(20)17(18)10-3-2-4-11-17/h5-7,14H,2-4,8-11,18H2,1H3,(H,19,20). The molecule has 0 bridgehead atoms. The van der Waals surface area contributed by atoms with E-state index in [2.05, 4.69) is 11.4 Å². The minimum absolute atomic E-state index is 0.0165. The smallest absolute Gasteiger partial charge is 0.240 e. The zero-order valence-corrected chi connectivity index (χ0v) is 12.7. The Hall–Kier alpha value is -1.55. The summed E-state index contributed by atoms with van der Waals surface area (Å²) in [5.74, 6) is 0.937. The average molecular weight is 288 g/mol. The minimum Gasteiger partial charge on any atom is -0.496 e. The number of hydrogen-bond acceptors (Lipinski definition) is 3. The van der Waals surface area contributed by atoms with E-state index < -0.39 is 5.54 Å². The third-order valence-corrected chi connectivity index (χ3v) is 4.95. The molecule has 0 radical (unpaired) electrons. The maximum Gasteiger partial charge on any atom is 0.240 e. The summed E-state index contributed by atoms with van der Waals surface area (Å²) in [6.45, 7) is 0. The number of carbonyl (C=O) groups excluding carboxylic acids is 1. The molecule has 0 heterocycles. The van der Waals surface area contributed by atoms with E-state index in [0.29, 0.717) is 0 Å². The fourth-order valence-corrected chi connectivity index (χ4v) is 3.67. The second kappa shape index (κ2) is 5.68. The molecule has 1 aromatic carbocycles. The van der Waals surface area contributed by atoms with Gasteiger partial charge in [0, 0.05) is 0 Å². The van der Waals surface area contributed by atoms with Gasteiger partial charge in [-0.3, -0.25) is 4.79 Å². The molecule has 4 nitrogen and oxygen atoms in total. The first-order chi connectivity index (χ1) is 10.1. The molecule has 0 saturated heterocycles. The number of amides is 1. The number of nitrogens with two attached hydrogens (primary N) is 1. The van der Waals surface area contributed by atoms with E-state index in [9.17, 15) is 4.79 Å². The second-order valence-corrected chi connectivity index (χ2v) is 6.31. The summed E-state index contributed by atoms with van der Waals surface area (Å²) in [5.41, 5.74) is 8.06. The van der Waals surface area contributed by atoms with Crippen molar-refractivity contribution in [1.82, 2.24) is 5.32 Å². The third kappa shape index (κ3) is 2.64. The van der Waals surface area contributed by atoms with Crippen molar-refractivity contribution in [2.75, 3.05) is 7.11 Å². The van der Waals surface area contributed by atoms with Gasteiger partial charge in [0.05, 0.1) is 18.7 Å². The van der Waals surface area contributed by atoms with Crippen LogP contribution in [0.4, 0.5) is 0 Å². The van der Waals surface area contributed by atoms with E-state index in [4.69, 9.17) is 10.5 Å². The van der Waals surface area contributed by atoms with Crippen molar-refractivity contribution in [3.63, 3.8) is 0 Å². The molecule has 1 saturated carbocycles. The monoisotopic (exact) mass is 288 g/mol. The van der Waals surface area contributed by atoms with Crippen molar-refractivity contribution in [3.05, 3.63) is 29.3 Å². The maximum absolute atomic E-state index is 12.6. The molecule has 21 heavy (non-hydrogen) atoms. The van der Waals surface area contributed by atoms with Crippen LogP contribution in [0, 0.1) is 0 Å². The summed E-state index contributed by atoms with van der Waals surface area (Å²) in [5, 5.41) is 3.18. The number of ether oxygens (including phenoxy) is 1. The molecule has 3 rings (SSSR count). The fourth-order valence-electron chi connectivity index (χ4n) is 3.67. The molecule has 2 aliphatic rings. The first kappa shape index (κ1) is 14.4. The summed E-state index contributed by atoms with van der Waals surface area (Å²) in [7, 11) is 1.69. The Morgan fingerprint density at radius 2 is 2.10 bits per heavy atom. The first-order valence-corrected chi connectivity index (χ1v) is 7.90. The van der Waals surface area contributed by atoms with E-state index in [1.54, 1.807) is 7.11 Å². The lowest BCUT2D eigenvalue weighted by atomic mass is 9.81. The Bertz CT molecular complexity index is 536. The van der Waals surface area contributed by atoms with Gasteiger partial charge in [0.15, 0.2) is 0 Å². The van der Waals surface area contributed by atoms with Crippen LogP contribution in [-0.4, -0.2) is 18.6 Å². The Kier molecular flexibility index (Phi) is 3.89. The van der Waals surface area contributed by atoms with Crippen LogP contribution < -0.4 is 15.8 Å². The summed E-state index contributed by atoms with van der Waals surface area (Å²) in [6, 6.07) is 6.13. The average Bonchev–Trinajstić information content (AvgIpc) is 2.91. The topological polar surface area (TPSA) is 64.3 Å². The Morgan fingerprint density at radius 1 is 1.33 bits per heavy atom. The fraction of sp³-hybridized carbons (Fsp3) is 0.588. The van der Waals surface area contributed by atoms with E-state index in [0.717, 1.165) is 44.3 Å². The van der Waals surface area contributed by atoms with E-state index >= 15 is 0 Å². The predicted molar refractivity (Wildman–Crippen MR) is 82.2 cm³/mol. The molecular formula is C17H24N2O2. The van der Waals surface area contributed by atoms with Crippen LogP contribution in [0.2, 0.25) is 0 Å². The molecule has 2 aliphatic carbocycles. The van der Waals surface area contributed by atoms with Crippen LogP contribution >= 0.6 is 0 Å². The summed E-state index contributed by atoms with van der Waals surface area (Å²) < 4.78 is 5.41. The van der Waals surface area contributed by atoms with Gasteiger partial charge in [-0.05, 0) is 42.9 Å². The predicted octanol–water partition coefficient (Wildman–Crippen LogP) is 2.46. The van der Waals surface area contributed by atoms with Crippen molar-refractivity contribution < 1.29 is 9.53 Å². The zero-order valence-electron chi connectivity index (χ0n) is 12.7. The number of carbonyl (C=O) groups is 1. The molecule has 1 aromatic rings. The molecule has 0 aliphatic heterocycles. The Labute approximate surface area is 126 Å². The van der Waals surface area contributed by atoms with Crippen molar-refractivity contribution in [3.8, 4) is 5.75 Å². The van der Waals surface area contributed by atoms with E-state index in [-0.39, 0.29) is 11.9 Å². The number of rotatable bonds is 3. The molecule has 1 fully saturated rings. The van der Waals surface area contributed by atoms with Gasteiger partial charge in [-0.15, -0.1) is 0 Å². The normalized spacial score (nSPS) is 23.4. The van der Waals surface area contributed by atoms with Crippen LogP contribution in [0.1, 0.15) is 55.7 Å². The van der Waals surface area contributed by atoms with Gasteiger partial charge in [0.1, 0.15) is 5.75 Å². The van der Waals surface area contributed by atoms with Crippen molar-refractivity contribution >= 4 is 5.91 Å². The lowest BCUT2D eigenvalue weighted by Crippen LogP contribution is -2.55. The maximum atomic E-state index is 12.6. The first-order valence-electron chi connectivity index (χ1n) is 7.90. The van der Waals surface area contributed by atoms with Crippen LogP contribution in [0.3, 0.4) is 0 Å². The molecular weight excluding hydrogens is 264 g/mol. The van der Waals surface area contributed by atoms with Crippen molar-refractivity contribution in [1.29, 1.82) is 0 Å². The molecule has 1 amide bonds. The van der Waals surface area contributed by atoms with Crippen LogP contribution in [0.25, 0.3) is 0 Å². The quantitative estimate of drug-likeness (QED) is 0.898. The molecule has 4 heteroatoms. The SMILES string of the molecule is COc1cccc2c1CCC2NC(=O)C1(N)CCCCC1. The summed E-state index contributed by atoms with van der Waals surface area (Å²) >= 11 is 0. The van der Waals surface area contributed by atoms with Gasteiger partial charge in [-0.25, -0.2) is 0 Å². The van der Waals surface area contributed by atoms with Crippen LogP contribution in [-0.2, 0) is 11.2 Å². The zero-order chi connectivity index (χ0) is 14.9. The van der Waals surface area contributed by atoms with E-state index in [1.165, 1.54) is 17.5 Å². The highest BCUT2D eigenvalue weighted by molar-refractivity contribution is 5.86. The largest absolute Gasteiger partial charge is 0.496 e. The summed E-state index contributed by atoms with van der Waals surface area (Å²) in [4.78, 5) is 12.6. The molecule has 1 atom stereocenters. The minimum atomic E-state index is -0.667. The molecule has 1 unspecified atom stereocenters. The summed E-state index contributed by atoms with van der Waals surface area (Å²) in [6.07, 6.45) is 6.78. The van der Waals surface area contributed by atoms with Gasteiger partial charge >= 0.3 is 0 Å². The third-order valence-electron chi connectivity index (χ3n) is 4.95. The molecule has 3 N–H and O–H groups in total. The van der Waals surface area contributed by atoms with Crippen LogP contribution in [0.15, 0.2) is 18.2 Å². The second-order valence-electron chi connectivity index (χ2n) is 6.31. The molecule has 114 valence electrons. The Balaban J connectivity index is 1.75. The van der Waals surface area contributed by atoms with Gasteiger partial charge in [0.2, 0.25) is 5.91 Å². The van der Waals surface area contributed by atoms with Gasteiger partial charge in [-0.1, -0.05) is 31.4 Å². The number of benzene rings is 1.